The fraction of sp³-hybridized carbons (Fsp3) is 0.500. The van der Waals surface area contributed by atoms with Crippen LogP contribution in [0, 0.1) is 6.92 Å². The summed E-state index contributed by atoms with van der Waals surface area (Å²) in [5.74, 6) is 0. The SMILES string of the molecule is Cc1cccc(CCC(C)OS(=O)(=O)C(F)(F)F)c1. The molecule has 1 unspecified atom stereocenters. The first kappa shape index (κ1) is 16.0. The van der Waals surface area contributed by atoms with Crippen LogP contribution in [0.25, 0.3) is 0 Å². The first-order valence-electron chi connectivity index (χ1n) is 5.67. The molecule has 7 heteroatoms. The Morgan fingerprint density at radius 2 is 1.95 bits per heavy atom. The van der Waals surface area contributed by atoms with E-state index < -0.39 is 21.7 Å². The molecule has 1 aromatic carbocycles. The van der Waals surface area contributed by atoms with Crippen molar-refractivity contribution in [2.24, 2.45) is 0 Å². The molecule has 0 amide bonds. The van der Waals surface area contributed by atoms with E-state index in [9.17, 15) is 21.6 Å². The van der Waals surface area contributed by atoms with Crippen LogP contribution in [0.2, 0.25) is 0 Å². The number of hydrogen-bond acceptors (Lipinski definition) is 3. The Morgan fingerprint density at radius 3 is 2.47 bits per heavy atom. The third-order valence-electron chi connectivity index (χ3n) is 2.50. The van der Waals surface area contributed by atoms with Gasteiger partial charge in [-0.05, 0) is 32.3 Å². The van der Waals surface area contributed by atoms with Crippen molar-refractivity contribution in [2.45, 2.75) is 38.3 Å². The van der Waals surface area contributed by atoms with Crippen molar-refractivity contribution in [3.63, 3.8) is 0 Å². The zero-order valence-corrected chi connectivity index (χ0v) is 11.4. The molecule has 0 radical (unpaired) electrons. The summed E-state index contributed by atoms with van der Waals surface area (Å²) in [6.07, 6.45) is -0.373. The summed E-state index contributed by atoms with van der Waals surface area (Å²) in [6.45, 7) is 3.20. The largest absolute Gasteiger partial charge is 0.523 e. The summed E-state index contributed by atoms with van der Waals surface area (Å²) in [7, 11) is -5.51. The van der Waals surface area contributed by atoms with Gasteiger partial charge in [0, 0.05) is 0 Å². The van der Waals surface area contributed by atoms with Crippen molar-refractivity contribution >= 4 is 10.1 Å². The summed E-state index contributed by atoms with van der Waals surface area (Å²) in [6, 6.07) is 7.46. The molecule has 108 valence electrons. The number of alkyl halides is 3. The van der Waals surface area contributed by atoms with Crippen LogP contribution in [0.5, 0.6) is 0 Å². The van der Waals surface area contributed by atoms with Gasteiger partial charge in [0.2, 0.25) is 0 Å². The zero-order valence-electron chi connectivity index (χ0n) is 10.6. The van der Waals surface area contributed by atoms with E-state index in [-0.39, 0.29) is 6.42 Å². The van der Waals surface area contributed by atoms with Gasteiger partial charge in [-0.2, -0.15) is 21.6 Å². The molecular weight excluding hydrogens is 281 g/mol. The van der Waals surface area contributed by atoms with Crippen LogP contribution in [-0.4, -0.2) is 20.0 Å². The molecule has 0 bridgehead atoms. The van der Waals surface area contributed by atoms with E-state index in [2.05, 4.69) is 4.18 Å². The Morgan fingerprint density at radius 1 is 1.32 bits per heavy atom. The monoisotopic (exact) mass is 296 g/mol. The maximum absolute atomic E-state index is 12.1. The van der Waals surface area contributed by atoms with Crippen LogP contribution in [-0.2, 0) is 20.7 Å². The minimum Gasteiger partial charge on any atom is -0.260 e. The summed E-state index contributed by atoms with van der Waals surface area (Å²) >= 11 is 0. The highest BCUT2D eigenvalue weighted by molar-refractivity contribution is 7.87. The Kier molecular flexibility index (Phi) is 4.98. The van der Waals surface area contributed by atoms with Gasteiger partial charge in [-0.3, -0.25) is 4.18 Å². The molecular formula is C12H15F3O3S. The van der Waals surface area contributed by atoms with Gasteiger partial charge in [-0.1, -0.05) is 29.8 Å². The molecule has 1 aromatic rings. The van der Waals surface area contributed by atoms with Gasteiger partial charge < -0.3 is 0 Å². The zero-order chi connectivity index (χ0) is 14.7. The molecule has 0 N–H and O–H groups in total. The van der Waals surface area contributed by atoms with Crippen LogP contribution in [0.3, 0.4) is 0 Å². The van der Waals surface area contributed by atoms with Crippen LogP contribution >= 0.6 is 0 Å². The molecule has 19 heavy (non-hydrogen) atoms. The average Bonchev–Trinajstić information content (AvgIpc) is 2.24. The van der Waals surface area contributed by atoms with E-state index >= 15 is 0 Å². The van der Waals surface area contributed by atoms with Crippen LogP contribution in [0.15, 0.2) is 24.3 Å². The van der Waals surface area contributed by atoms with Crippen molar-refractivity contribution < 1.29 is 25.8 Å². The van der Waals surface area contributed by atoms with Crippen molar-refractivity contribution in [1.29, 1.82) is 0 Å². The number of hydrogen-bond donors (Lipinski definition) is 0. The van der Waals surface area contributed by atoms with E-state index in [4.69, 9.17) is 0 Å². The Labute approximate surface area is 110 Å². The minimum atomic E-state index is -5.51. The second-order valence-electron chi connectivity index (χ2n) is 4.33. The van der Waals surface area contributed by atoms with Gasteiger partial charge in [-0.25, -0.2) is 0 Å². The maximum atomic E-state index is 12.1. The quantitative estimate of drug-likeness (QED) is 0.619. The van der Waals surface area contributed by atoms with Gasteiger partial charge in [0.25, 0.3) is 0 Å². The van der Waals surface area contributed by atoms with E-state index in [0.717, 1.165) is 11.1 Å². The number of aryl methyl sites for hydroxylation is 2. The van der Waals surface area contributed by atoms with E-state index in [1.165, 1.54) is 6.92 Å². The molecule has 0 fully saturated rings. The highest BCUT2D eigenvalue weighted by Gasteiger charge is 2.48. The number of benzene rings is 1. The molecule has 0 heterocycles. The van der Waals surface area contributed by atoms with E-state index in [1.54, 1.807) is 0 Å². The van der Waals surface area contributed by atoms with E-state index in [0.29, 0.717) is 6.42 Å². The molecule has 0 saturated carbocycles. The molecule has 0 aliphatic heterocycles. The lowest BCUT2D eigenvalue weighted by Crippen LogP contribution is -2.29. The number of rotatable bonds is 5. The highest BCUT2D eigenvalue weighted by atomic mass is 32.2. The maximum Gasteiger partial charge on any atom is 0.523 e. The van der Waals surface area contributed by atoms with E-state index in [1.807, 2.05) is 31.2 Å². The smallest absolute Gasteiger partial charge is 0.260 e. The number of halogens is 3. The summed E-state index contributed by atoms with van der Waals surface area (Å²) in [5, 5.41) is 0. The first-order valence-corrected chi connectivity index (χ1v) is 7.08. The molecule has 1 atom stereocenters. The van der Waals surface area contributed by atoms with Gasteiger partial charge in [0.05, 0.1) is 6.10 Å². The molecule has 1 rings (SSSR count). The predicted octanol–water partition coefficient (Wildman–Crippen LogP) is 3.18. The normalized spacial score (nSPS) is 14.4. The second kappa shape index (κ2) is 5.92. The molecule has 0 aromatic heterocycles. The molecule has 0 spiro atoms. The minimum absolute atomic E-state index is 0.193. The molecule has 0 saturated heterocycles. The van der Waals surface area contributed by atoms with Crippen molar-refractivity contribution in [1.82, 2.24) is 0 Å². The van der Waals surface area contributed by atoms with Crippen molar-refractivity contribution in [3.8, 4) is 0 Å². The summed E-state index contributed by atoms with van der Waals surface area (Å²) in [4.78, 5) is 0. The highest BCUT2D eigenvalue weighted by Crippen LogP contribution is 2.26. The first-order chi connectivity index (χ1) is 8.62. The molecule has 0 aliphatic rings. The average molecular weight is 296 g/mol. The summed E-state index contributed by atoms with van der Waals surface area (Å²) < 4.78 is 62.0. The van der Waals surface area contributed by atoms with Gasteiger partial charge in [-0.15, -0.1) is 0 Å². The lowest BCUT2D eigenvalue weighted by molar-refractivity contribution is -0.0570. The van der Waals surface area contributed by atoms with Crippen LogP contribution in [0.1, 0.15) is 24.5 Å². The Bertz CT molecular complexity index is 523. The molecule has 3 nitrogen and oxygen atoms in total. The third-order valence-corrected chi connectivity index (χ3v) is 3.65. The standard InChI is InChI=1S/C12H15F3O3S/c1-9-4-3-5-11(8-9)7-6-10(2)18-19(16,17)12(13,14)15/h3-5,8,10H,6-7H2,1-2H3. The van der Waals surface area contributed by atoms with Crippen LogP contribution < -0.4 is 0 Å². The lowest BCUT2D eigenvalue weighted by Gasteiger charge is -2.14. The predicted molar refractivity (Wildman–Crippen MR) is 65.0 cm³/mol. The lowest BCUT2D eigenvalue weighted by atomic mass is 10.1. The summed E-state index contributed by atoms with van der Waals surface area (Å²) in [5.41, 5.74) is -3.40. The van der Waals surface area contributed by atoms with Gasteiger partial charge >= 0.3 is 15.6 Å². The van der Waals surface area contributed by atoms with Crippen LogP contribution in [0.4, 0.5) is 13.2 Å². The van der Waals surface area contributed by atoms with Crippen molar-refractivity contribution in [3.05, 3.63) is 35.4 Å². The van der Waals surface area contributed by atoms with Gasteiger partial charge in [0.1, 0.15) is 0 Å². The second-order valence-corrected chi connectivity index (χ2v) is 5.90. The molecule has 0 aliphatic carbocycles. The van der Waals surface area contributed by atoms with Gasteiger partial charge in [0.15, 0.2) is 0 Å². The third kappa shape index (κ3) is 4.83. The fourth-order valence-corrected chi connectivity index (χ4v) is 2.19. The van der Waals surface area contributed by atoms with Crippen molar-refractivity contribution in [2.75, 3.05) is 0 Å². The fourth-order valence-electron chi connectivity index (χ4n) is 1.56. The Hall–Kier alpha value is -1.08. The topological polar surface area (TPSA) is 43.4 Å². The Balaban J connectivity index is 2.56.